The standard InChI is InChI=1S/C12H12BrNO2/c1-7-8(4-3-5-10(7)13)9-6-11(15)14(2)12(9)16/h3-5,9H,6H2,1-2H3. The molecule has 1 fully saturated rings. The van der Waals surface area contributed by atoms with Crippen LogP contribution in [0.15, 0.2) is 22.7 Å². The normalized spacial score (nSPS) is 20.7. The molecule has 84 valence electrons. The molecule has 3 nitrogen and oxygen atoms in total. The molecule has 16 heavy (non-hydrogen) atoms. The lowest BCUT2D eigenvalue weighted by molar-refractivity contribution is -0.137. The predicted octanol–water partition coefficient (Wildman–Crippen LogP) is 2.23. The molecule has 1 unspecified atom stereocenters. The fourth-order valence-electron chi connectivity index (χ4n) is 2.00. The maximum Gasteiger partial charge on any atom is 0.236 e. The number of likely N-dealkylation sites (tertiary alicyclic amines) is 1. The fourth-order valence-corrected chi connectivity index (χ4v) is 2.38. The van der Waals surface area contributed by atoms with Gasteiger partial charge in [-0.25, -0.2) is 0 Å². The topological polar surface area (TPSA) is 37.4 Å². The molecule has 2 amide bonds. The van der Waals surface area contributed by atoms with E-state index in [2.05, 4.69) is 15.9 Å². The van der Waals surface area contributed by atoms with Crippen molar-refractivity contribution in [2.45, 2.75) is 19.3 Å². The van der Waals surface area contributed by atoms with E-state index in [4.69, 9.17) is 0 Å². The number of hydrogen-bond donors (Lipinski definition) is 0. The molecule has 0 spiro atoms. The van der Waals surface area contributed by atoms with Crippen LogP contribution < -0.4 is 0 Å². The Morgan fingerprint density at radius 3 is 2.62 bits per heavy atom. The minimum atomic E-state index is -0.310. The Balaban J connectivity index is 2.43. The Morgan fingerprint density at radius 2 is 2.06 bits per heavy atom. The van der Waals surface area contributed by atoms with E-state index >= 15 is 0 Å². The van der Waals surface area contributed by atoms with Crippen molar-refractivity contribution in [3.8, 4) is 0 Å². The van der Waals surface area contributed by atoms with Crippen LogP contribution in [0, 0.1) is 6.92 Å². The van der Waals surface area contributed by atoms with Gasteiger partial charge in [0.2, 0.25) is 11.8 Å². The van der Waals surface area contributed by atoms with E-state index in [-0.39, 0.29) is 24.2 Å². The average Bonchev–Trinajstić information content (AvgIpc) is 2.50. The van der Waals surface area contributed by atoms with Crippen LogP contribution in [0.4, 0.5) is 0 Å². The molecule has 0 N–H and O–H groups in total. The fraction of sp³-hybridized carbons (Fsp3) is 0.333. The van der Waals surface area contributed by atoms with Crippen LogP contribution in [0.25, 0.3) is 0 Å². The number of amides is 2. The zero-order valence-corrected chi connectivity index (χ0v) is 10.7. The molecule has 1 heterocycles. The van der Waals surface area contributed by atoms with Gasteiger partial charge in [-0.15, -0.1) is 0 Å². The monoisotopic (exact) mass is 281 g/mol. The summed E-state index contributed by atoms with van der Waals surface area (Å²) in [6.07, 6.45) is 0.284. The first kappa shape index (κ1) is 11.3. The summed E-state index contributed by atoms with van der Waals surface area (Å²) in [6.45, 7) is 1.95. The molecule has 1 aromatic carbocycles. The summed E-state index contributed by atoms with van der Waals surface area (Å²) in [5, 5.41) is 0. The SMILES string of the molecule is Cc1c(Br)cccc1C1CC(=O)N(C)C1=O. The van der Waals surface area contributed by atoms with Gasteiger partial charge in [-0.3, -0.25) is 14.5 Å². The van der Waals surface area contributed by atoms with E-state index in [1.54, 1.807) is 0 Å². The van der Waals surface area contributed by atoms with Crippen LogP contribution in [0.3, 0.4) is 0 Å². The van der Waals surface area contributed by atoms with Crippen molar-refractivity contribution in [3.63, 3.8) is 0 Å². The highest BCUT2D eigenvalue weighted by atomic mass is 79.9. The van der Waals surface area contributed by atoms with E-state index in [1.807, 2.05) is 25.1 Å². The number of rotatable bonds is 1. The Labute approximate surface area is 103 Å². The number of hydrogen-bond acceptors (Lipinski definition) is 2. The third-order valence-corrected chi connectivity index (χ3v) is 3.93. The minimum absolute atomic E-state index is 0.102. The minimum Gasteiger partial charge on any atom is -0.285 e. The average molecular weight is 282 g/mol. The molecule has 1 aliphatic heterocycles. The van der Waals surface area contributed by atoms with Crippen LogP contribution in [-0.4, -0.2) is 23.8 Å². The first-order chi connectivity index (χ1) is 7.52. The molecule has 0 aromatic heterocycles. The van der Waals surface area contributed by atoms with E-state index in [1.165, 1.54) is 11.9 Å². The van der Waals surface area contributed by atoms with Crippen LogP contribution in [0.5, 0.6) is 0 Å². The van der Waals surface area contributed by atoms with Gasteiger partial charge in [0.1, 0.15) is 0 Å². The van der Waals surface area contributed by atoms with Gasteiger partial charge in [0.25, 0.3) is 0 Å². The summed E-state index contributed by atoms with van der Waals surface area (Å²) < 4.78 is 0.972. The van der Waals surface area contributed by atoms with Gasteiger partial charge in [0.15, 0.2) is 0 Å². The quantitative estimate of drug-likeness (QED) is 0.741. The first-order valence-corrected chi connectivity index (χ1v) is 5.87. The van der Waals surface area contributed by atoms with Gasteiger partial charge >= 0.3 is 0 Å². The van der Waals surface area contributed by atoms with Gasteiger partial charge < -0.3 is 0 Å². The summed E-state index contributed by atoms with van der Waals surface area (Å²) in [5.74, 6) is -0.518. The summed E-state index contributed by atoms with van der Waals surface area (Å²) >= 11 is 3.43. The Kier molecular flexibility index (Phi) is 2.84. The largest absolute Gasteiger partial charge is 0.285 e. The second kappa shape index (κ2) is 4.01. The van der Waals surface area contributed by atoms with E-state index < -0.39 is 0 Å². The van der Waals surface area contributed by atoms with Gasteiger partial charge in [-0.2, -0.15) is 0 Å². The molecule has 1 aliphatic rings. The number of nitrogens with zero attached hydrogens (tertiary/aromatic N) is 1. The van der Waals surface area contributed by atoms with Crippen molar-refractivity contribution in [1.29, 1.82) is 0 Å². The number of benzene rings is 1. The van der Waals surface area contributed by atoms with Crippen molar-refractivity contribution in [3.05, 3.63) is 33.8 Å². The number of carbonyl (C=O) groups is 2. The van der Waals surface area contributed by atoms with Crippen LogP contribution in [-0.2, 0) is 9.59 Å². The van der Waals surface area contributed by atoms with Crippen LogP contribution in [0.2, 0.25) is 0 Å². The molecule has 1 aromatic rings. The zero-order chi connectivity index (χ0) is 11.9. The molecule has 1 saturated heterocycles. The van der Waals surface area contributed by atoms with Crippen molar-refractivity contribution in [2.24, 2.45) is 0 Å². The summed E-state index contributed by atoms with van der Waals surface area (Å²) in [4.78, 5) is 24.5. The number of imide groups is 1. The third-order valence-electron chi connectivity index (χ3n) is 3.07. The third kappa shape index (κ3) is 1.67. The van der Waals surface area contributed by atoms with Crippen molar-refractivity contribution in [2.75, 3.05) is 7.05 Å². The van der Waals surface area contributed by atoms with Gasteiger partial charge in [0, 0.05) is 17.9 Å². The molecule has 2 rings (SSSR count). The molecule has 0 bridgehead atoms. The van der Waals surface area contributed by atoms with E-state index in [9.17, 15) is 9.59 Å². The Morgan fingerprint density at radius 1 is 1.38 bits per heavy atom. The van der Waals surface area contributed by atoms with E-state index in [0.29, 0.717) is 0 Å². The lowest BCUT2D eigenvalue weighted by atomic mass is 9.93. The van der Waals surface area contributed by atoms with Crippen LogP contribution >= 0.6 is 15.9 Å². The number of carbonyl (C=O) groups excluding carboxylic acids is 2. The number of halogens is 1. The Hall–Kier alpha value is -1.16. The summed E-state index contributed by atoms with van der Waals surface area (Å²) in [7, 11) is 1.54. The summed E-state index contributed by atoms with van der Waals surface area (Å²) in [6, 6.07) is 5.74. The lowest BCUT2D eigenvalue weighted by Crippen LogP contribution is -2.25. The van der Waals surface area contributed by atoms with Crippen molar-refractivity contribution in [1.82, 2.24) is 4.90 Å². The Bertz CT molecular complexity index is 470. The molecule has 0 radical (unpaired) electrons. The van der Waals surface area contributed by atoms with E-state index in [0.717, 1.165) is 15.6 Å². The van der Waals surface area contributed by atoms with Gasteiger partial charge in [0.05, 0.1) is 5.92 Å². The maximum absolute atomic E-state index is 11.9. The highest BCUT2D eigenvalue weighted by molar-refractivity contribution is 9.10. The molecular formula is C12H12BrNO2. The molecule has 0 aliphatic carbocycles. The van der Waals surface area contributed by atoms with Crippen molar-refractivity contribution < 1.29 is 9.59 Å². The maximum atomic E-state index is 11.9. The van der Waals surface area contributed by atoms with Gasteiger partial charge in [-0.1, -0.05) is 28.1 Å². The summed E-state index contributed by atoms with van der Waals surface area (Å²) in [5.41, 5.74) is 1.97. The second-order valence-electron chi connectivity index (χ2n) is 4.00. The first-order valence-electron chi connectivity index (χ1n) is 5.07. The van der Waals surface area contributed by atoms with Crippen LogP contribution in [0.1, 0.15) is 23.5 Å². The zero-order valence-electron chi connectivity index (χ0n) is 9.16. The highest BCUT2D eigenvalue weighted by Crippen LogP contribution is 2.33. The molecule has 4 heteroatoms. The predicted molar refractivity (Wildman–Crippen MR) is 64.0 cm³/mol. The molecule has 1 atom stereocenters. The van der Waals surface area contributed by atoms with Gasteiger partial charge in [-0.05, 0) is 24.1 Å². The number of likely N-dealkylation sites (N-methyl/N-ethyl adjacent to an activating group) is 1. The molecule has 0 saturated carbocycles. The highest BCUT2D eigenvalue weighted by Gasteiger charge is 2.37. The van der Waals surface area contributed by atoms with Crippen molar-refractivity contribution >= 4 is 27.7 Å². The lowest BCUT2D eigenvalue weighted by Gasteiger charge is -2.12. The second-order valence-corrected chi connectivity index (χ2v) is 4.86. The molecular weight excluding hydrogens is 270 g/mol. The smallest absolute Gasteiger partial charge is 0.236 e.